The summed E-state index contributed by atoms with van der Waals surface area (Å²) in [5.74, 6) is -0.634. The Morgan fingerprint density at radius 1 is 0.468 bits per heavy atom. The van der Waals surface area contributed by atoms with Crippen LogP contribution in [0.25, 0.3) is 0 Å². The number of hydrogen-bond donors (Lipinski definition) is 1. The third kappa shape index (κ3) is 57.7. The van der Waals surface area contributed by atoms with Crippen LogP contribution in [0, 0.1) is 0 Å². The number of esters is 1. The summed E-state index contributed by atoms with van der Waals surface area (Å²) in [7, 11) is 1.14. The lowest BCUT2D eigenvalue weighted by atomic mass is 10.0. The molecule has 3 atom stereocenters. The first-order valence-electron chi connectivity index (χ1n) is 31.9. The van der Waals surface area contributed by atoms with Gasteiger partial charge in [0.25, 0.3) is 7.82 Å². The van der Waals surface area contributed by atoms with Gasteiger partial charge in [-0.05, 0) is 70.3 Å². The number of nitrogens with zero attached hydrogens (tertiary/aromatic N) is 1. The molecule has 0 spiro atoms. The Bertz CT molecular complexity index is 1590. The molecule has 1 N–H and O–H groups in total. The lowest BCUT2D eigenvalue weighted by Gasteiger charge is -2.30. The first-order valence-corrected chi connectivity index (χ1v) is 33.4. The molecule has 0 fully saturated rings. The fourth-order valence-corrected chi connectivity index (χ4v) is 9.68. The third-order valence-corrected chi connectivity index (χ3v) is 14.8. The van der Waals surface area contributed by atoms with Crippen molar-refractivity contribution in [3.05, 3.63) is 85.1 Å². The molecule has 446 valence electrons. The van der Waals surface area contributed by atoms with Crippen molar-refractivity contribution in [3.8, 4) is 0 Å². The van der Waals surface area contributed by atoms with Crippen molar-refractivity contribution in [2.75, 3.05) is 40.9 Å². The Kier molecular flexibility index (Phi) is 54.4. The van der Waals surface area contributed by atoms with Crippen LogP contribution in [-0.4, -0.2) is 69.4 Å². The third-order valence-electron chi connectivity index (χ3n) is 13.9. The minimum absolute atomic E-state index is 0.0379. The molecule has 0 aromatic heterocycles. The van der Waals surface area contributed by atoms with Gasteiger partial charge < -0.3 is 28.5 Å². The number of rotatable bonds is 57. The summed E-state index contributed by atoms with van der Waals surface area (Å²) >= 11 is 0. The number of phosphoric acid groups is 1. The molecule has 0 aliphatic carbocycles. The summed E-state index contributed by atoms with van der Waals surface area (Å²) in [5.41, 5.74) is 0. The predicted molar refractivity (Wildman–Crippen MR) is 330 cm³/mol. The van der Waals surface area contributed by atoms with Gasteiger partial charge in [0.2, 0.25) is 5.91 Å². The van der Waals surface area contributed by atoms with Crippen LogP contribution in [0.4, 0.5) is 0 Å². The van der Waals surface area contributed by atoms with E-state index in [4.69, 9.17) is 13.8 Å². The monoisotopic (exact) mass is 1100 g/mol. The Morgan fingerprint density at radius 2 is 0.844 bits per heavy atom. The van der Waals surface area contributed by atoms with Gasteiger partial charge in [0.05, 0.1) is 33.8 Å². The number of phosphoric ester groups is 1. The van der Waals surface area contributed by atoms with Crippen molar-refractivity contribution >= 4 is 19.7 Å². The van der Waals surface area contributed by atoms with Crippen LogP contribution in [0.1, 0.15) is 278 Å². The molecule has 0 aromatic carbocycles. The second kappa shape index (κ2) is 56.5. The Balaban J connectivity index is 5.26. The fraction of sp³-hybridized carbons (Fsp3) is 0.761. The van der Waals surface area contributed by atoms with E-state index in [-0.39, 0.29) is 31.3 Å². The molecule has 3 unspecified atom stereocenters. The summed E-state index contributed by atoms with van der Waals surface area (Å²) in [6.07, 6.45) is 74.4. The van der Waals surface area contributed by atoms with Crippen LogP contribution >= 0.6 is 7.82 Å². The highest BCUT2D eigenvalue weighted by atomic mass is 31.2. The number of likely N-dealkylation sites (N-methyl/N-ethyl adjacent to an activating group) is 1. The van der Waals surface area contributed by atoms with Crippen LogP contribution in [0.15, 0.2) is 85.1 Å². The Labute approximate surface area is 476 Å². The first-order chi connectivity index (χ1) is 37.4. The SMILES string of the molecule is CC/C=C\C/C=C\C/C=C\C/C=C\C/C=C\C/C=C\CCC(=O)NC(COP(=O)([O-])OCC[N+](C)(C)C)C(/C=C/CCCCCCCCCCC)OC(=O)CCCCCCCCCCCCCCCCCCCCCCC. The van der Waals surface area contributed by atoms with Crippen molar-refractivity contribution in [2.24, 2.45) is 0 Å². The molecule has 0 radical (unpaired) electrons. The van der Waals surface area contributed by atoms with E-state index in [0.717, 1.165) is 77.0 Å². The highest BCUT2D eigenvalue weighted by molar-refractivity contribution is 7.45. The minimum Gasteiger partial charge on any atom is -0.756 e. The number of hydrogen-bond acceptors (Lipinski definition) is 7. The molecule has 0 saturated carbocycles. The van der Waals surface area contributed by atoms with Crippen molar-refractivity contribution in [3.63, 3.8) is 0 Å². The number of quaternary nitrogens is 1. The lowest BCUT2D eigenvalue weighted by molar-refractivity contribution is -0.870. The molecule has 0 rings (SSSR count). The van der Waals surface area contributed by atoms with E-state index >= 15 is 0 Å². The zero-order valence-electron chi connectivity index (χ0n) is 50.9. The Hall–Kier alpha value is -2.81. The molecule has 77 heavy (non-hydrogen) atoms. The maximum absolute atomic E-state index is 13.5. The average molecular weight is 1100 g/mol. The molecule has 0 heterocycles. The van der Waals surface area contributed by atoms with Gasteiger partial charge >= 0.3 is 5.97 Å². The standard InChI is InChI=1S/C67H121N2O7P/c1-7-10-13-16-19-22-25-27-29-31-33-34-36-38-40-42-45-48-51-54-57-60-67(71)76-65(58-55-52-49-46-43-24-21-18-15-12-9-3)64(63-75-77(72,73)74-62-61-69(4,5)6)68-66(70)59-56-53-50-47-44-41-39-37-35-32-30-28-26-23-20-17-14-11-8-2/h11,14,20,23,28,30,35,37,41,44,50,53,55,58,64-65H,7-10,12-13,15-19,21-22,24-27,29,31-34,36,38-40,42-43,45-49,51-52,54,56-57,59-63H2,1-6H3,(H-,68,70,72,73)/b14-11-,23-20-,30-28-,37-35-,44-41-,53-50-,58-55+. The molecular formula is C67H121N2O7P. The number of carbonyl (C=O) groups excluding carboxylic acids is 2. The number of allylic oxidation sites excluding steroid dienone is 13. The maximum Gasteiger partial charge on any atom is 0.306 e. The second-order valence-corrected chi connectivity index (χ2v) is 23.9. The second-order valence-electron chi connectivity index (χ2n) is 22.5. The highest BCUT2D eigenvalue weighted by Crippen LogP contribution is 2.38. The van der Waals surface area contributed by atoms with Crippen LogP contribution in [-0.2, 0) is 27.9 Å². The summed E-state index contributed by atoms with van der Waals surface area (Å²) in [6, 6.07) is -0.930. The van der Waals surface area contributed by atoms with Crippen LogP contribution in [0.3, 0.4) is 0 Å². The van der Waals surface area contributed by atoms with Gasteiger partial charge in [-0.2, -0.15) is 0 Å². The number of carbonyl (C=O) groups is 2. The predicted octanol–water partition coefficient (Wildman–Crippen LogP) is 19.1. The van der Waals surface area contributed by atoms with Gasteiger partial charge in [0, 0.05) is 12.8 Å². The molecule has 9 nitrogen and oxygen atoms in total. The normalized spacial score (nSPS) is 14.2. The molecular weight excluding hydrogens is 976 g/mol. The van der Waals surface area contributed by atoms with Crippen LogP contribution < -0.4 is 10.2 Å². The molecule has 0 aromatic rings. The number of unbranched alkanes of at least 4 members (excludes halogenated alkanes) is 29. The molecule has 1 amide bonds. The molecule has 0 aliphatic heterocycles. The minimum atomic E-state index is -4.72. The van der Waals surface area contributed by atoms with E-state index in [9.17, 15) is 19.0 Å². The molecule has 0 saturated heterocycles. The van der Waals surface area contributed by atoms with E-state index in [2.05, 4.69) is 86.8 Å². The average Bonchev–Trinajstić information content (AvgIpc) is 3.39. The van der Waals surface area contributed by atoms with E-state index < -0.39 is 26.6 Å². The van der Waals surface area contributed by atoms with Gasteiger partial charge in [0.15, 0.2) is 0 Å². The van der Waals surface area contributed by atoms with Crippen LogP contribution in [0.2, 0.25) is 0 Å². The quantitative estimate of drug-likeness (QED) is 0.0212. The number of ether oxygens (including phenoxy) is 1. The van der Waals surface area contributed by atoms with Gasteiger partial charge in [0.1, 0.15) is 19.3 Å². The maximum atomic E-state index is 13.5. The smallest absolute Gasteiger partial charge is 0.306 e. The van der Waals surface area contributed by atoms with E-state index in [1.165, 1.54) is 161 Å². The van der Waals surface area contributed by atoms with Crippen molar-refractivity contribution < 1.29 is 37.3 Å². The zero-order valence-corrected chi connectivity index (χ0v) is 51.8. The molecule has 10 heteroatoms. The van der Waals surface area contributed by atoms with Crippen molar-refractivity contribution in [2.45, 2.75) is 290 Å². The number of nitrogens with one attached hydrogen (secondary N) is 1. The largest absolute Gasteiger partial charge is 0.756 e. The first kappa shape index (κ1) is 74.2. The summed E-state index contributed by atoms with van der Waals surface area (Å²) in [5, 5.41) is 2.98. The zero-order chi connectivity index (χ0) is 56.4. The van der Waals surface area contributed by atoms with E-state index in [1.807, 2.05) is 45.4 Å². The van der Waals surface area contributed by atoms with Gasteiger partial charge in [-0.3, -0.25) is 14.2 Å². The molecule has 0 bridgehead atoms. The van der Waals surface area contributed by atoms with Gasteiger partial charge in [-0.1, -0.05) is 280 Å². The van der Waals surface area contributed by atoms with E-state index in [0.29, 0.717) is 17.4 Å². The van der Waals surface area contributed by atoms with E-state index in [1.54, 1.807) is 0 Å². The molecule has 0 aliphatic rings. The van der Waals surface area contributed by atoms with Gasteiger partial charge in [-0.15, -0.1) is 0 Å². The lowest BCUT2D eigenvalue weighted by Crippen LogP contribution is -2.47. The van der Waals surface area contributed by atoms with Gasteiger partial charge in [-0.25, -0.2) is 0 Å². The summed E-state index contributed by atoms with van der Waals surface area (Å²) < 4.78 is 30.3. The van der Waals surface area contributed by atoms with Crippen LogP contribution in [0.5, 0.6) is 0 Å². The topological polar surface area (TPSA) is 114 Å². The van der Waals surface area contributed by atoms with Crippen molar-refractivity contribution in [1.29, 1.82) is 0 Å². The van der Waals surface area contributed by atoms with Crippen molar-refractivity contribution in [1.82, 2.24) is 5.32 Å². The summed E-state index contributed by atoms with van der Waals surface area (Å²) in [6.45, 7) is 6.68. The fourth-order valence-electron chi connectivity index (χ4n) is 8.96. The highest BCUT2D eigenvalue weighted by Gasteiger charge is 2.27. The summed E-state index contributed by atoms with van der Waals surface area (Å²) in [4.78, 5) is 39.9. The Morgan fingerprint density at radius 3 is 1.25 bits per heavy atom. The number of amides is 1.